The van der Waals surface area contributed by atoms with E-state index >= 15 is 0 Å². The van der Waals surface area contributed by atoms with Crippen molar-refractivity contribution in [2.45, 2.75) is 44.9 Å². The van der Waals surface area contributed by atoms with Crippen molar-refractivity contribution < 1.29 is 15.3 Å². The van der Waals surface area contributed by atoms with Gasteiger partial charge in [-0.15, -0.1) is 6.58 Å². The van der Waals surface area contributed by atoms with E-state index in [-0.39, 0.29) is 31.2 Å². The van der Waals surface area contributed by atoms with Crippen molar-refractivity contribution >= 4 is 0 Å². The molecule has 0 aromatic heterocycles. The number of rotatable bonds is 5. The normalized spacial score (nSPS) is 41.1. The van der Waals surface area contributed by atoms with Crippen LogP contribution in [0.25, 0.3) is 0 Å². The van der Waals surface area contributed by atoms with Crippen LogP contribution in [-0.2, 0) is 0 Å². The average Bonchev–Trinajstić information content (AvgIpc) is 2.39. The molecular weight excluding hydrogens is 230 g/mol. The summed E-state index contributed by atoms with van der Waals surface area (Å²) in [5.74, 6) is 0.878. The predicted octanol–water partition coefficient (Wildman–Crippen LogP) is 0.527. The fourth-order valence-corrected chi connectivity index (χ4v) is 2.95. The first-order valence-electron chi connectivity index (χ1n) is 6.73. The van der Waals surface area contributed by atoms with Crippen LogP contribution < -0.4 is 5.32 Å². The second-order valence-corrected chi connectivity index (χ2v) is 5.74. The van der Waals surface area contributed by atoms with Gasteiger partial charge in [0.25, 0.3) is 0 Å². The highest BCUT2D eigenvalue weighted by Gasteiger charge is 2.45. The van der Waals surface area contributed by atoms with Crippen LogP contribution >= 0.6 is 0 Å². The Morgan fingerprint density at radius 2 is 1.83 bits per heavy atom. The van der Waals surface area contributed by atoms with E-state index in [1.54, 1.807) is 6.08 Å². The summed E-state index contributed by atoms with van der Waals surface area (Å²) in [4.78, 5) is 0. The largest absolute Gasteiger partial charge is 0.395 e. The molecule has 0 bridgehead atoms. The number of aliphatic hydroxyl groups excluding tert-OH is 2. The van der Waals surface area contributed by atoms with Crippen molar-refractivity contribution in [3.05, 3.63) is 12.7 Å². The lowest BCUT2D eigenvalue weighted by molar-refractivity contribution is -0.0596. The second-order valence-electron chi connectivity index (χ2n) is 5.74. The molecule has 5 atom stereocenters. The molecule has 4 N–H and O–H groups in total. The second kappa shape index (κ2) is 6.15. The molecule has 0 aromatic rings. The van der Waals surface area contributed by atoms with Crippen molar-refractivity contribution in [2.75, 3.05) is 13.2 Å². The third-order valence-electron chi connectivity index (χ3n) is 4.83. The van der Waals surface area contributed by atoms with Crippen LogP contribution in [-0.4, -0.2) is 46.2 Å². The van der Waals surface area contributed by atoms with E-state index in [0.29, 0.717) is 18.3 Å². The lowest BCUT2D eigenvalue weighted by Crippen LogP contribution is -2.57. The molecule has 0 spiro atoms. The summed E-state index contributed by atoms with van der Waals surface area (Å²) in [6, 6.07) is -0.254. The van der Waals surface area contributed by atoms with Crippen LogP contribution in [0.5, 0.6) is 0 Å². The van der Waals surface area contributed by atoms with Gasteiger partial charge in [-0.3, -0.25) is 0 Å². The molecule has 0 aromatic carbocycles. The van der Waals surface area contributed by atoms with Crippen LogP contribution in [0.3, 0.4) is 0 Å². The van der Waals surface area contributed by atoms with Crippen molar-refractivity contribution in [2.24, 2.45) is 17.8 Å². The molecule has 4 nitrogen and oxygen atoms in total. The molecule has 1 aliphatic rings. The Labute approximate surface area is 110 Å². The average molecular weight is 257 g/mol. The van der Waals surface area contributed by atoms with E-state index in [9.17, 15) is 5.11 Å². The standard InChI is InChI=1S/C14H27NO3/c1-5-14(18)6-13(15-12(7-16)8-17)10(3)9(2)11(14)4/h5,9-13,15-18H,1,6-8H2,2-4H3. The third kappa shape index (κ3) is 2.94. The predicted molar refractivity (Wildman–Crippen MR) is 72.1 cm³/mol. The lowest BCUT2D eigenvalue weighted by atomic mass is 9.64. The van der Waals surface area contributed by atoms with Gasteiger partial charge in [0.05, 0.1) is 24.9 Å². The Kier molecular flexibility index (Phi) is 5.34. The van der Waals surface area contributed by atoms with Crippen LogP contribution in [0.2, 0.25) is 0 Å². The van der Waals surface area contributed by atoms with Gasteiger partial charge in [-0.25, -0.2) is 0 Å². The first-order chi connectivity index (χ1) is 8.39. The Morgan fingerprint density at radius 1 is 1.28 bits per heavy atom. The van der Waals surface area contributed by atoms with Crippen LogP contribution in [0.15, 0.2) is 12.7 Å². The molecule has 0 aliphatic heterocycles. The van der Waals surface area contributed by atoms with E-state index in [4.69, 9.17) is 10.2 Å². The fraction of sp³-hybridized carbons (Fsp3) is 0.857. The maximum atomic E-state index is 10.6. The number of hydrogen-bond acceptors (Lipinski definition) is 4. The molecule has 1 fully saturated rings. The molecule has 106 valence electrons. The van der Waals surface area contributed by atoms with Crippen molar-refractivity contribution in [1.29, 1.82) is 0 Å². The SMILES string of the molecule is C=CC1(O)CC(NC(CO)CO)C(C)C(C)C1C. The molecule has 18 heavy (non-hydrogen) atoms. The summed E-state index contributed by atoms with van der Waals surface area (Å²) >= 11 is 0. The fourth-order valence-electron chi connectivity index (χ4n) is 2.95. The molecule has 5 unspecified atom stereocenters. The molecule has 1 aliphatic carbocycles. The van der Waals surface area contributed by atoms with Gasteiger partial charge in [-0.05, 0) is 24.2 Å². The highest BCUT2D eigenvalue weighted by atomic mass is 16.3. The summed E-state index contributed by atoms with van der Waals surface area (Å²) < 4.78 is 0. The third-order valence-corrected chi connectivity index (χ3v) is 4.83. The van der Waals surface area contributed by atoms with Crippen molar-refractivity contribution in [1.82, 2.24) is 5.32 Å². The first kappa shape index (κ1) is 15.6. The number of nitrogens with one attached hydrogen (secondary N) is 1. The topological polar surface area (TPSA) is 72.7 Å². The first-order valence-corrected chi connectivity index (χ1v) is 6.73. The summed E-state index contributed by atoms with van der Waals surface area (Å²) in [6.45, 7) is 9.87. The summed E-state index contributed by atoms with van der Waals surface area (Å²) in [6.07, 6.45) is 2.20. The van der Waals surface area contributed by atoms with E-state index in [1.165, 1.54) is 0 Å². The zero-order valence-electron chi connectivity index (χ0n) is 11.6. The zero-order valence-corrected chi connectivity index (χ0v) is 11.6. The monoisotopic (exact) mass is 257 g/mol. The molecule has 0 amide bonds. The molecule has 1 rings (SSSR count). The maximum Gasteiger partial charge on any atom is 0.0868 e. The highest BCUT2D eigenvalue weighted by Crippen LogP contribution is 2.41. The quantitative estimate of drug-likeness (QED) is 0.542. The lowest BCUT2D eigenvalue weighted by Gasteiger charge is -2.48. The van der Waals surface area contributed by atoms with Gasteiger partial charge >= 0.3 is 0 Å². The Hall–Kier alpha value is -0.420. The minimum atomic E-state index is -0.876. The van der Waals surface area contributed by atoms with E-state index < -0.39 is 5.60 Å². The molecule has 1 saturated carbocycles. The van der Waals surface area contributed by atoms with E-state index in [1.807, 2.05) is 0 Å². The molecule has 0 saturated heterocycles. The van der Waals surface area contributed by atoms with Gasteiger partial charge in [0.2, 0.25) is 0 Å². The molecule has 4 heteroatoms. The highest BCUT2D eigenvalue weighted by molar-refractivity contribution is 5.08. The van der Waals surface area contributed by atoms with Gasteiger partial charge in [0.15, 0.2) is 0 Å². The minimum Gasteiger partial charge on any atom is -0.395 e. The Morgan fingerprint density at radius 3 is 2.28 bits per heavy atom. The van der Waals surface area contributed by atoms with Crippen molar-refractivity contribution in [3.8, 4) is 0 Å². The maximum absolute atomic E-state index is 10.6. The van der Waals surface area contributed by atoms with Gasteiger partial charge in [-0.1, -0.05) is 26.8 Å². The molecule has 0 heterocycles. The Bertz CT molecular complexity index is 280. The van der Waals surface area contributed by atoms with Crippen LogP contribution in [0.1, 0.15) is 27.2 Å². The van der Waals surface area contributed by atoms with E-state index in [0.717, 1.165) is 0 Å². The van der Waals surface area contributed by atoms with Gasteiger partial charge in [0, 0.05) is 6.04 Å². The van der Waals surface area contributed by atoms with Gasteiger partial charge in [-0.2, -0.15) is 0 Å². The Balaban J connectivity index is 2.82. The van der Waals surface area contributed by atoms with Crippen LogP contribution in [0, 0.1) is 17.8 Å². The van der Waals surface area contributed by atoms with E-state index in [2.05, 4.69) is 32.7 Å². The summed E-state index contributed by atoms with van der Waals surface area (Å²) in [5, 5.41) is 32.1. The summed E-state index contributed by atoms with van der Waals surface area (Å²) in [5.41, 5.74) is -0.876. The number of aliphatic hydroxyl groups is 3. The zero-order chi connectivity index (χ0) is 13.9. The number of hydrogen-bond donors (Lipinski definition) is 4. The van der Waals surface area contributed by atoms with Crippen molar-refractivity contribution in [3.63, 3.8) is 0 Å². The smallest absolute Gasteiger partial charge is 0.0868 e. The molecular formula is C14H27NO3. The minimum absolute atomic E-state index is 0.0727. The van der Waals surface area contributed by atoms with Crippen LogP contribution in [0.4, 0.5) is 0 Å². The van der Waals surface area contributed by atoms with Gasteiger partial charge in [0.1, 0.15) is 0 Å². The summed E-state index contributed by atoms with van der Waals surface area (Å²) in [7, 11) is 0. The van der Waals surface area contributed by atoms with Gasteiger partial charge < -0.3 is 20.6 Å². The molecule has 0 radical (unpaired) electrons.